The highest BCUT2D eigenvalue weighted by atomic mass is 32.2. The minimum Gasteiger partial charge on any atom is -0.481 e. The van der Waals surface area contributed by atoms with Crippen LogP contribution in [0.5, 0.6) is 5.88 Å². The molecule has 9 heteroatoms. The number of benzene rings is 1. The number of methoxy groups -OCH3 is 1. The van der Waals surface area contributed by atoms with Crippen molar-refractivity contribution < 1.29 is 4.74 Å². The van der Waals surface area contributed by atoms with E-state index in [2.05, 4.69) is 20.1 Å². The highest BCUT2D eigenvalue weighted by Gasteiger charge is 2.10. The van der Waals surface area contributed by atoms with Crippen LogP contribution in [0.3, 0.4) is 0 Å². The van der Waals surface area contributed by atoms with Crippen molar-refractivity contribution in [2.24, 2.45) is 0 Å². The van der Waals surface area contributed by atoms with Crippen LogP contribution in [0.25, 0.3) is 16.9 Å². The van der Waals surface area contributed by atoms with E-state index in [0.717, 1.165) is 25.3 Å². The van der Waals surface area contributed by atoms with Crippen molar-refractivity contribution >= 4 is 46.5 Å². The lowest BCUT2D eigenvalue weighted by atomic mass is 10.3. The third kappa shape index (κ3) is 3.44. The van der Waals surface area contributed by atoms with Crippen LogP contribution in [0.4, 0.5) is 0 Å². The number of nitrogens with zero attached hydrogens (tertiary/aromatic N) is 4. The molecule has 6 nitrogen and oxygen atoms in total. The quantitative estimate of drug-likeness (QED) is 0.408. The van der Waals surface area contributed by atoms with E-state index in [1.165, 1.54) is 11.3 Å². The summed E-state index contributed by atoms with van der Waals surface area (Å²) in [7, 11) is 1.59. The predicted molar refractivity (Wildman–Crippen MR) is 102 cm³/mol. The number of pyridine rings is 1. The van der Waals surface area contributed by atoms with Crippen LogP contribution in [0.15, 0.2) is 46.8 Å². The maximum absolute atomic E-state index is 5.42. The Kier molecular flexibility index (Phi) is 4.51. The first-order valence-electron chi connectivity index (χ1n) is 7.41. The number of thioether (sulfide) groups is 1. The molecule has 0 spiro atoms. The Balaban J connectivity index is 1.53. The Labute approximate surface area is 156 Å². The van der Waals surface area contributed by atoms with Gasteiger partial charge < -0.3 is 9.72 Å². The number of aromatic amines is 1. The zero-order chi connectivity index (χ0) is 17.2. The van der Waals surface area contributed by atoms with Crippen molar-refractivity contribution in [1.82, 2.24) is 24.7 Å². The molecule has 0 atom stereocenters. The van der Waals surface area contributed by atoms with Gasteiger partial charge in [0.2, 0.25) is 5.88 Å². The molecule has 4 rings (SSSR count). The van der Waals surface area contributed by atoms with Crippen molar-refractivity contribution in [1.29, 1.82) is 0 Å². The number of H-pyrrole nitrogens is 1. The Morgan fingerprint density at radius 3 is 2.84 bits per heavy atom. The topological polar surface area (TPSA) is 68.6 Å². The third-order valence-electron chi connectivity index (χ3n) is 3.44. The lowest BCUT2D eigenvalue weighted by molar-refractivity contribution is 0.399. The maximum Gasteiger partial charge on any atom is 0.215 e. The van der Waals surface area contributed by atoms with Gasteiger partial charge in [-0.15, -0.1) is 5.10 Å². The summed E-state index contributed by atoms with van der Waals surface area (Å²) in [6.07, 6.45) is 0. The lowest BCUT2D eigenvalue weighted by Crippen LogP contribution is -1.95. The highest BCUT2D eigenvalue weighted by molar-refractivity contribution is 8.00. The standard InChI is InChI=1S/C16H13N5OS3/c1-22-13-8-7-11-14(19-13)18-12(17-11)9-24-15-20-21(16(23)25-15)10-5-3-2-4-6-10/h2-8H,9H2,1H3,(H,17,18,19). The van der Waals surface area contributed by atoms with E-state index in [-0.39, 0.29) is 0 Å². The zero-order valence-electron chi connectivity index (χ0n) is 13.2. The number of ether oxygens (including phenoxy) is 1. The third-order valence-corrected chi connectivity index (χ3v) is 5.82. The molecule has 1 aromatic carbocycles. The van der Waals surface area contributed by atoms with Crippen molar-refractivity contribution in [3.8, 4) is 11.6 Å². The van der Waals surface area contributed by atoms with Crippen molar-refractivity contribution in [3.05, 3.63) is 52.2 Å². The van der Waals surface area contributed by atoms with Gasteiger partial charge in [0.25, 0.3) is 0 Å². The van der Waals surface area contributed by atoms with Crippen LogP contribution >= 0.6 is 35.3 Å². The molecule has 0 aliphatic rings. The average Bonchev–Trinajstić information content (AvgIpc) is 3.22. The molecule has 3 aromatic heterocycles. The Morgan fingerprint density at radius 2 is 2.04 bits per heavy atom. The largest absolute Gasteiger partial charge is 0.481 e. The molecule has 0 radical (unpaired) electrons. The minimum atomic E-state index is 0.553. The van der Waals surface area contributed by atoms with Crippen molar-refractivity contribution in [2.75, 3.05) is 7.11 Å². The molecular weight excluding hydrogens is 374 g/mol. The first kappa shape index (κ1) is 16.2. The van der Waals surface area contributed by atoms with Crippen molar-refractivity contribution in [2.45, 2.75) is 10.1 Å². The van der Waals surface area contributed by atoms with E-state index >= 15 is 0 Å². The van der Waals surface area contributed by atoms with Crippen LogP contribution in [0, 0.1) is 3.95 Å². The molecule has 25 heavy (non-hydrogen) atoms. The van der Waals surface area contributed by atoms with E-state index in [0.29, 0.717) is 17.3 Å². The SMILES string of the molecule is COc1ccc2[nH]c(CSc3nn(-c4ccccc4)c(=S)s3)nc2n1. The highest BCUT2D eigenvalue weighted by Crippen LogP contribution is 2.27. The number of fused-ring (bicyclic) bond motifs is 1. The van der Waals surface area contributed by atoms with Gasteiger partial charge in [-0.3, -0.25) is 0 Å². The van der Waals surface area contributed by atoms with E-state index < -0.39 is 0 Å². The molecule has 0 aliphatic heterocycles. The molecule has 0 saturated heterocycles. The summed E-state index contributed by atoms with van der Waals surface area (Å²) in [6.45, 7) is 0. The van der Waals surface area contributed by atoms with Gasteiger partial charge in [-0.1, -0.05) is 41.3 Å². The summed E-state index contributed by atoms with van der Waals surface area (Å²) in [6, 6.07) is 13.6. The van der Waals surface area contributed by atoms with Gasteiger partial charge in [-0.25, -0.2) is 9.67 Å². The normalized spacial score (nSPS) is 11.1. The zero-order valence-corrected chi connectivity index (χ0v) is 15.6. The summed E-state index contributed by atoms with van der Waals surface area (Å²) in [4.78, 5) is 12.1. The molecule has 0 unspecified atom stereocenters. The summed E-state index contributed by atoms with van der Waals surface area (Å²) in [5.41, 5.74) is 2.51. The molecule has 0 aliphatic carbocycles. The molecule has 3 heterocycles. The van der Waals surface area contributed by atoms with E-state index in [4.69, 9.17) is 17.0 Å². The van der Waals surface area contributed by atoms with Gasteiger partial charge in [-0.05, 0) is 30.4 Å². The van der Waals surface area contributed by atoms with Crippen LogP contribution < -0.4 is 4.74 Å². The Hall–Kier alpha value is -2.23. The number of hydrogen-bond donors (Lipinski definition) is 1. The number of nitrogens with one attached hydrogen (secondary N) is 1. The van der Waals surface area contributed by atoms with Gasteiger partial charge in [-0.2, -0.15) is 4.98 Å². The van der Waals surface area contributed by atoms with Crippen LogP contribution in [-0.4, -0.2) is 31.8 Å². The number of rotatable bonds is 5. The van der Waals surface area contributed by atoms with Crippen molar-refractivity contribution in [3.63, 3.8) is 0 Å². The second-order valence-corrected chi connectivity index (χ2v) is 7.92. The molecule has 0 amide bonds. The van der Waals surface area contributed by atoms with Crippen LogP contribution in [0.2, 0.25) is 0 Å². The van der Waals surface area contributed by atoms with Gasteiger partial charge in [0.15, 0.2) is 13.9 Å². The minimum absolute atomic E-state index is 0.553. The van der Waals surface area contributed by atoms with E-state index in [9.17, 15) is 0 Å². The molecule has 0 saturated carbocycles. The Bertz CT molecular complexity index is 1070. The summed E-state index contributed by atoms with van der Waals surface area (Å²) < 4.78 is 8.54. The molecule has 1 N–H and O–H groups in total. The lowest BCUT2D eigenvalue weighted by Gasteiger charge is -1.98. The average molecular weight is 388 g/mol. The molecule has 0 bridgehead atoms. The molecular formula is C16H13N5OS3. The number of imidazole rings is 1. The molecule has 4 aromatic rings. The van der Waals surface area contributed by atoms with Crippen LogP contribution in [-0.2, 0) is 5.75 Å². The van der Waals surface area contributed by atoms with Gasteiger partial charge >= 0.3 is 0 Å². The van der Waals surface area contributed by atoms with Gasteiger partial charge in [0.05, 0.1) is 24.1 Å². The fraction of sp³-hybridized carbons (Fsp3) is 0.125. The monoisotopic (exact) mass is 387 g/mol. The summed E-state index contributed by atoms with van der Waals surface area (Å²) >= 11 is 8.51. The van der Waals surface area contributed by atoms with Gasteiger partial charge in [0.1, 0.15) is 5.82 Å². The Morgan fingerprint density at radius 1 is 1.20 bits per heavy atom. The summed E-state index contributed by atoms with van der Waals surface area (Å²) in [5.74, 6) is 2.06. The molecule has 126 valence electrons. The first-order chi connectivity index (χ1) is 12.2. The molecule has 0 fully saturated rings. The van der Waals surface area contributed by atoms with Crippen LogP contribution in [0.1, 0.15) is 5.82 Å². The summed E-state index contributed by atoms with van der Waals surface area (Å²) in [5, 5.41) is 4.59. The fourth-order valence-electron chi connectivity index (χ4n) is 2.29. The predicted octanol–water partition coefficient (Wildman–Crippen LogP) is 4.24. The number of aromatic nitrogens is 5. The fourth-order valence-corrected chi connectivity index (χ4v) is 4.52. The number of hydrogen-bond acceptors (Lipinski definition) is 7. The van der Waals surface area contributed by atoms with E-state index in [1.807, 2.05) is 42.5 Å². The second kappa shape index (κ2) is 6.95. The smallest absolute Gasteiger partial charge is 0.215 e. The van der Waals surface area contributed by atoms with Gasteiger partial charge in [0, 0.05) is 6.07 Å². The first-order valence-corrected chi connectivity index (χ1v) is 9.62. The maximum atomic E-state index is 5.42. The second-order valence-electron chi connectivity index (χ2n) is 5.08. The number of para-hydroxylation sites is 1. The van der Waals surface area contributed by atoms with E-state index in [1.54, 1.807) is 23.6 Å².